The van der Waals surface area contributed by atoms with E-state index in [4.69, 9.17) is 4.74 Å². The predicted molar refractivity (Wildman–Crippen MR) is 105 cm³/mol. The van der Waals surface area contributed by atoms with Crippen molar-refractivity contribution in [2.75, 3.05) is 0 Å². The first-order valence-electron chi connectivity index (χ1n) is 9.76. The van der Waals surface area contributed by atoms with E-state index in [1.165, 1.54) is 0 Å². The molecule has 0 radical (unpaired) electrons. The van der Waals surface area contributed by atoms with Gasteiger partial charge in [-0.05, 0) is 24.2 Å². The fraction of sp³-hybridized carbons (Fsp3) is 0.700. The van der Waals surface area contributed by atoms with E-state index >= 15 is 0 Å². The fourth-order valence-electron chi connectivity index (χ4n) is 5.15. The third-order valence-corrected chi connectivity index (χ3v) is 5.73. The minimum Gasteiger partial charge on any atom is -0.346 e. The van der Waals surface area contributed by atoms with E-state index in [-0.39, 0.29) is 39.8 Å². The van der Waals surface area contributed by atoms with E-state index in [1.807, 2.05) is 0 Å². The number of aromatic nitrogens is 4. The van der Waals surface area contributed by atoms with Crippen molar-refractivity contribution >= 4 is 17.1 Å². The minimum absolute atomic E-state index is 0.0164. The maximum absolute atomic E-state index is 13.0. The van der Waals surface area contributed by atoms with E-state index in [2.05, 4.69) is 61.8 Å². The highest BCUT2D eigenvalue weighted by Gasteiger charge is 2.69. The first kappa shape index (κ1) is 19.1. The molecule has 2 aromatic heterocycles. The van der Waals surface area contributed by atoms with Gasteiger partial charge in [-0.2, -0.15) is 0 Å². The molecule has 2 bridgehead atoms. The number of hydrogen-bond acceptors (Lipinski definition) is 5. The molecule has 0 saturated carbocycles. The number of ether oxygens (including phenoxy) is 1. The van der Waals surface area contributed by atoms with Crippen molar-refractivity contribution in [1.82, 2.24) is 24.8 Å². The van der Waals surface area contributed by atoms with Crippen LogP contribution in [0.25, 0.3) is 11.2 Å². The Labute approximate surface area is 164 Å². The topological polar surface area (TPSA) is 102 Å². The van der Waals surface area contributed by atoms with Gasteiger partial charge in [0.05, 0.1) is 12.4 Å². The van der Waals surface area contributed by atoms with Crippen LogP contribution in [0.15, 0.2) is 11.1 Å². The van der Waals surface area contributed by atoms with Crippen LogP contribution in [-0.4, -0.2) is 37.1 Å². The zero-order valence-electron chi connectivity index (χ0n) is 17.6. The van der Waals surface area contributed by atoms with E-state index in [9.17, 15) is 9.59 Å². The smallest absolute Gasteiger partial charge is 0.279 e. The summed E-state index contributed by atoms with van der Waals surface area (Å²) in [6, 6.07) is -0.214. The molecule has 2 aliphatic rings. The molecule has 2 saturated heterocycles. The van der Waals surface area contributed by atoms with Gasteiger partial charge in [0.15, 0.2) is 23.0 Å². The lowest BCUT2D eigenvalue weighted by Gasteiger charge is -2.39. The number of amides is 1. The molecule has 4 rings (SSSR count). The highest BCUT2D eigenvalue weighted by molar-refractivity contribution is 5.90. The summed E-state index contributed by atoms with van der Waals surface area (Å²) in [5, 5.41) is 3.18. The Morgan fingerprint density at radius 2 is 1.89 bits per heavy atom. The molecule has 0 aliphatic carbocycles. The third-order valence-electron chi connectivity index (χ3n) is 5.73. The van der Waals surface area contributed by atoms with E-state index in [0.29, 0.717) is 17.9 Å². The molecular formula is C20H29N5O3. The molecule has 1 unspecified atom stereocenters. The van der Waals surface area contributed by atoms with E-state index < -0.39 is 11.8 Å². The summed E-state index contributed by atoms with van der Waals surface area (Å²) in [5.74, 6) is 0.454. The number of H-pyrrole nitrogens is 1. The van der Waals surface area contributed by atoms with Crippen molar-refractivity contribution in [2.45, 2.75) is 72.8 Å². The second kappa shape index (κ2) is 5.65. The normalized spacial score (nSPS) is 30.2. The number of aryl methyl sites for hydroxylation is 1. The number of rotatable bonds is 2. The summed E-state index contributed by atoms with van der Waals surface area (Å²) in [4.78, 5) is 36.7. The average Bonchev–Trinajstić information content (AvgIpc) is 3.12. The Bertz CT molecular complexity index is 1010. The standard InChI is InChI=1S/C20H29N5O3/c1-10-22-14-12(15(26)23-10)21-9-25(14)16-11-13(19(5,6)7)20(28-16,17(27)24-11)8-18(2,3)4/h9,11,13,16H,8H2,1-7H3,(H,24,27)(H,22,23,26)/t11?,13-,16+,20+/m0/s1. The maximum atomic E-state index is 13.0. The number of imidazole rings is 1. The van der Waals surface area contributed by atoms with Gasteiger partial charge in [0.1, 0.15) is 5.82 Å². The van der Waals surface area contributed by atoms with Gasteiger partial charge < -0.3 is 15.0 Å². The van der Waals surface area contributed by atoms with Crippen LogP contribution in [0.2, 0.25) is 0 Å². The van der Waals surface area contributed by atoms with Crippen LogP contribution >= 0.6 is 0 Å². The van der Waals surface area contributed by atoms with Crippen LogP contribution in [0.5, 0.6) is 0 Å². The van der Waals surface area contributed by atoms with Crippen molar-refractivity contribution in [1.29, 1.82) is 0 Å². The Balaban J connectivity index is 1.86. The van der Waals surface area contributed by atoms with Crippen LogP contribution < -0.4 is 10.9 Å². The summed E-state index contributed by atoms with van der Waals surface area (Å²) in [7, 11) is 0. The van der Waals surface area contributed by atoms with Crippen molar-refractivity contribution in [3.8, 4) is 0 Å². The number of carbonyl (C=O) groups is 1. The molecule has 0 aromatic carbocycles. The summed E-state index contributed by atoms with van der Waals surface area (Å²) in [6.07, 6.45) is 1.75. The van der Waals surface area contributed by atoms with Crippen molar-refractivity contribution in [3.63, 3.8) is 0 Å². The van der Waals surface area contributed by atoms with Gasteiger partial charge >= 0.3 is 0 Å². The Kier molecular flexibility index (Phi) is 3.86. The SMILES string of the molecule is Cc1nc2c(ncn2[C@@H]2O[C@@]3(CC(C)(C)C)C(=O)NC2[C@H]3C(C)(C)C)c(=O)[nH]1. The Morgan fingerprint density at radius 1 is 1.21 bits per heavy atom. The molecule has 8 heteroatoms. The molecule has 2 fully saturated rings. The number of morpholine rings is 1. The first-order chi connectivity index (χ1) is 12.8. The van der Waals surface area contributed by atoms with E-state index in [0.717, 1.165) is 0 Å². The molecule has 8 nitrogen and oxygen atoms in total. The Hall–Kier alpha value is -2.22. The molecule has 2 aromatic rings. The van der Waals surface area contributed by atoms with Gasteiger partial charge in [-0.25, -0.2) is 9.97 Å². The molecule has 4 heterocycles. The van der Waals surface area contributed by atoms with Crippen LogP contribution in [0.1, 0.15) is 60.0 Å². The lowest BCUT2D eigenvalue weighted by Crippen LogP contribution is -2.50. The van der Waals surface area contributed by atoms with Crippen molar-refractivity contribution in [3.05, 3.63) is 22.5 Å². The number of nitrogens with one attached hydrogen (secondary N) is 2. The van der Waals surface area contributed by atoms with Gasteiger partial charge in [-0.3, -0.25) is 14.2 Å². The number of hydrogen-bond donors (Lipinski definition) is 2. The second-order valence-electron chi connectivity index (χ2n) is 10.5. The zero-order valence-corrected chi connectivity index (χ0v) is 17.6. The van der Waals surface area contributed by atoms with Crippen molar-refractivity contribution in [2.24, 2.45) is 16.7 Å². The highest BCUT2D eigenvalue weighted by Crippen LogP contribution is 2.57. The molecule has 1 amide bonds. The second-order valence-corrected chi connectivity index (χ2v) is 10.5. The van der Waals surface area contributed by atoms with Crippen LogP contribution in [0, 0.1) is 23.7 Å². The number of carbonyl (C=O) groups excluding carboxylic acids is 1. The van der Waals surface area contributed by atoms with Crippen molar-refractivity contribution < 1.29 is 9.53 Å². The number of fused-ring (bicyclic) bond motifs is 3. The van der Waals surface area contributed by atoms with Crippen LogP contribution in [0.4, 0.5) is 0 Å². The monoisotopic (exact) mass is 387 g/mol. The molecular weight excluding hydrogens is 358 g/mol. The molecule has 28 heavy (non-hydrogen) atoms. The van der Waals surface area contributed by atoms with Crippen LogP contribution in [-0.2, 0) is 9.53 Å². The average molecular weight is 387 g/mol. The lowest BCUT2D eigenvalue weighted by atomic mass is 9.66. The van der Waals surface area contributed by atoms with Gasteiger partial charge in [0.2, 0.25) is 0 Å². The molecule has 0 spiro atoms. The van der Waals surface area contributed by atoms with Gasteiger partial charge in [-0.1, -0.05) is 41.5 Å². The Morgan fingerprint density at radius 3 is 2.50 bits per heavy atom. The van der Waals surface area contributed by atoms with Gasteiger partial charge in [-0.15, -0.1) is 0 Å². The van der Waals surface area contributed by atoms with Crippen LogP contribution in [0.3, 0.4) is 0 Å². The molecule has 4 atom stereocenters. The first-order valence-corrected chi connectivity index (χ1v) is 9.76. The predicted octanol–water partition coefficient (Wildman–Crippen LogP) is 2.29. The quantitative estimate of drug-likeness (QED) is 0.823. The molecule has 2 aliphatic heterocycles. The van der Waals surface area contributed by atoms with E-state index in [1.54, 1.807) is 17.8 Å². The van der Waals surface area contributed by atoms with Gasteiger partial charge in [0.25, 0.3) is 11.5 Å². The summed E-state index contributed by atoms with van der Waals surface area (Å²) in [5.41, 5.74) is -0.676. The third kappa shape index (κ3) is 2.69. The lowest BCUT2D eigenvalue weighted by molar-refractivity contribution is -0.167. The number of aromatic amines is 1. The minimum atomic E-state index is -0.918. The summed E-state index contributed by atoms with van der Waals surface area (Å²) >= 11 is 0. The maximum Gasteiger partial charge on any atom is 0.279 e. The zero-order chi connectivity index (χ0) is 20.6. The molecule has 152 valence electrons. The fourth-order valence-corrected chi connectivity index (χ4v) is 5.15. The summed E-state index contributed by atoms with van der Waals surface area (Å²) < 4.78 is 8.36. The number of nitrogens with zero attached hydrogens (tertiary/aromatic N) is 3. The van der Waals surface area contributed by atoms with Gasteiger partial charge in [0, 0.05) is 5.92 Å². The molecule has 2 N–H and O–H groups in total. The summed E-state index contributed by atoms with van der Waals surface area (Å²) in [6.45, 7) is 14.5. The largest absolute Gasteiger partial charge is 0.346 e. The highest BCUT2D eigenvalue weighted by atomic mass is 16.5.